The molecule has 0 aliphatic rings. The molecule has 0 bridgehead atoms. The lowest BCUT2D eigenvalue weighted by Crippen LogP contribution is -2.43. The topological polar surface area (TPSA) is 102 Å². The van der Waals surface area contributed by atoms with Crippen molar-refractivity contribution in [3.05, 3.63) is 53.6 Å². The van der Waals surface area contributed by atoms with E-state index in [0.717, 1.165) is 4.31 Å². The van der Waals surface area contributed by atoms with Gasteiger partial charge in [0, 0.05) is 5.02 Å². The number of amides is 1. The van der Waals surface area contributed by atoms with Crippen LogP contribution in [0.2, 0.25) is 5.02 Å². The molecule has 1 amide bonds. The lowest BCUT2D eigenvalue weighted by atomic mass is 10.3. The number of benzene rings is 2. The van der Waals surface area contributed by atoms with Crippen LogP contribution in [0.15, 0.2) is 53.4 Å². The van der Waals surface area contributed by atoms with Gasteiger partial charge in [-0.25, -0.2) is 14.3 Å². The maximum atomic E-state index is 12.9. The molecule has 0 aliphatic carbocycles. The number of hydrogen-bond donors (Lipinski definition) is 2. The maximum absolute atomic E-state index is 12.9. The number of carbonyl (C=O) groups excluding carboxylic acids is 1. The third-order valence-electron chi connectivity index (χ3n) is 3.21. The zero-order valence-corrected chi connectivity index (χ0v) is 14.3. The Balaban J connectivity index is 2.47. The number of carbonyl (C=O) groups is 1. The van der Waals surface area contributed by atoms with E-state index in [0.29, 0.717) is 16.5 Å². The SMILES string of the molecule is COc1ccc(N(CC(=O)NN)S(=O)(=O)c2ccc(Cl)cc2)cc1. The van der Waals surface area contributed by atoms with E-state index in [2.05, 4.69) is 0 Å². The summed E-state index contributed by atoms with van der Waals surface area (Å²) in [6, 6.07) is 11.9. The molecule has 128 valence electrons. The maximum Gasteiger partial charge on any atom is 0.264 e. The van der Waals surface area contributed by atoms with Crippen LogP contribution in [-0.2, 0) is 14.8 Å². The zero-order valence-electron chi connectivity index (χ0n) is 12.8. The van der Waals surface area contributed by atoms with Gasteiger partial charge in [-0.2, -0.15) is 0 Å². The third kappa shape index (κ3) is 3.97. The van der Waals surface area contributed by atoms with E-state index < -0.39 is 22.5 Å². The highest BCUT2D eigenvalue weighted by Gasteiger charge is 2.27. The Kier molecular flexibility index (Phi) is 5.66. The molecule has 0 aliphatic heterocycles. The van der Waals surface area contributed by atoms with Gasteiger partial charge in [0.25, 0.3) is 15.9 Å². The molecule has 7 nitrogen and oxygen atoms in total. The van der Waals surface area contributed by atoms with Crippen LogP contribution in [0.25, 0.3) is 0 Å². The van der Waals surface area contributed by atoms with E-state index in [4.69, 9.17) is 22.2 Å². The number of halogens is 1. The number of ether oxygens (including phenoxy) is 1. The summed E-state index contributed by atoms with van der Waals surface area (Å²) in [5.74, 6) is 5.00. The number of nitrogens with one attached hydrogen (secondary N) is 1. The molecule has 0 unspecified atom stereocenters. The van der Waals surface area contributed by atoms with Gasteiger partial charge in [0.05, 0.1) is 17.7 Å². The first-order valence-corrected chi connectivity index (χ1v) is 8.62. The average Bonchev–Trinajstić information content (AvgIpc) is 2.59. The van der Waals surface area contributed by atoms with Gasteiger partial charge in [0.1, 0.15) is 12.3 Å². The van der Waals surface area contributed by atoms with Crippen molar-refractivity contribution in [1.82, 2.24) is 5.43 Å². The molecule has 2 aromatic rings. The lowest BCUT2D eigenvalue weighted by Gasteiger charge is -2.23. The number of hydrogen-bond acceptors (Lipinski definition) is 5. The summed E-state index contributed by atoms with van der Waals surface area (Å²) in [6.45, 7) is -0.464. The molecule has 0 saturated heterocycles. The first kappa shape index (κ1) is 18.1. The van der Waals surface area contributed by atoms with Gasteiger partial charge >= 0.3 is 0 Å². The van der Waals surface area contributed by atoms with Crippen molar-refractivity contribution in [2.45, 2.75) is 4.90 Å². The van der Waals surface area contributed by atoms with Crippen molar-refractivity contribution in [2.24, 2.45) is 5.84 Å². The van der Waals surface area contributed by atoms with Gasteiger partial charge in [-0.15, -0.1) is 0 Å². The first-order chi connectivity index (χ1) is 11.4. The van der Waals surface area contributed by atoms with E-state index in [1.54, 1.807) is 12.1 Å². The summed E-state index contributed by atoms with van der Waals surface area (Å²) in [5, 5.41) is 0.407. The number of sulfonamides is 1. The Morgan fingerprint density at radius 3 is 2.25 bits per heavy atom. The van der Waals surface area contributed by atoms with E-state index in [1.807, 2.05) is 5.43 Å². The van der Waals surface area contributed by atoms with Crippen LogP contribution < -0.4 is 20.3 Å². The van der Waals surface area contributed by atoms with Crippen molar-refractivity contribution in [1.29, 1.82) is 0 Å². The highest BCUT2D eigenvalue weighted by molar-refractivity contribution is 7.92. The highest BCUT2D eigenvalue weighted by Crippen LogP contribution is 2.26. The van der Waals surface area contributed by atoms with E-state index in [9.17, 15) is 13.2 Å². The molecule has 0 heterocycles. The molecule has 24 heavy (non-hydrogen) atoms. The molecule has 0 radical (unpaired) electrons. The fourth-order valence-corrected chi connectivity index (χ4v) is 3.52. The Bertz CT molecular complexity index is 808. The van der Waals surface area contributed by atoms with Gasteiger partial charge in [0.2, 0.25) is 0 Å². The highest BCUT2D eigenvalue weighted by atomic mass is 35.5. The Hall–Kier alpha value is -2.29. The van der Waals surface area contributed by atoms with Gasteiger partial charge in [-0.3, -0.25) is 14.5 Å². The molecule has 0 aromatic heterocycles. The fraction of sp³-hybridized carbons (Fsp3) is 0.133. The second kappa shape index (κ2) is 7.52. The normalized spacial score (nSPS) is 11.0. The number of methoxy groups -OCH3 is 1. The molecule has 0 saturated carbocycles. The Morgan fingerprint density at radius 2 is 1.75 bits per heavy atom. The summed E-state index contributed by atoms with van der Waals surface area (Å²) in [4.78, 5) is 11.7. The lowest BCUT2D eigenvalue weighted by molar-refractivity contribution is -0.119. The fourth-order valence-electron chi connectivity index (χ4n) is 1.97. The molecule has 0 spiro atoms. The molecule has 3 N–H and O–H groups in total. The number of nitrogens with two attached hydrogens (primary N) is 1. The second-order valence-electron chi connectivity index (χ2n) is 4.73. The molecule has 0 fully saturated rings. The molecule has 2 rings (SSSR count). The molecular weight excluding hydrogens is 354 g/mol. The van der Waals surface area contributed by atoms with Crippen LogP contribution in [0.1, 0.15) is 0 Å². The number of hydrazine groups is 1. The van der Waals surface area contributed by atoms with Crippen molar-refractivity contribution in [2.75, 3.05) is 18.0 Å². The minimum atomic E-state index is -3.98. The number of anilines is 1. The molecule has 9 heteroatoms. The van der Waals surface area contributed by atoms with Crippen LogP contribution in [0, 0.1) is 0 Å². The minimum Gasteiger partial charge on any atom is -0.497 e. The molecule has 2 aromatic carbocycles. The smallest absolute Gasteiger partial charge is 0.264 e. The third-order valence-corrected chi connectivity index (χ3v) is 5.25. The first-order valence-electron chi connectivity index (χ1n) is 6.80. The largest absolute Gasteiger partial charge is 0.497 e. The predicted octanol–water partition coefficient (Wildman–Crippen LogP) is 1.53. The van der Waals surface area contributed by atoms with Gasteiger partial charge in [-0.1, -0.05) is 11.6 Å². The van der Waals surface area contributed by atoms with Crippen LogP contribution in [0.3, 0.4) is 0 Å². The zero-order chi connectivity index (χ0) is 17.7. The number of nitrogens with zero attached hydrogens (tertiary/aromatic N) is 1. The Morgan fingerprint density at radius 1 is 1.17 bits per heavy atom. The van der Waals surface area contributed by atoms with Crippen LogP contribution in [0.4, 0.5) is 5.69 Å². The minimum absolute atomic E-state index is 0.00698. The molecule has 0 atom stereocenters. The predicted molar refractivity (Wildman–Crippen MR) is 91.3 cm³/mol. The van der Waals surface area contributed by atoms with Crippen LogP contribution in [-0.4, -0.2) is 28.0 Å². The van der Waals surface area contributed by atoms with E-state index in [-0.39, 0.29) is 4.90 Å². The van der Waals surface area contributed by atoms with Gasteiger partial charge in [0.15, 0.2) is 0 Å². The summed E-state index contributed by atoms with van der Waals surface area (Å²) in [5.41, 5.74) is 2.23. The van der Waals surface area contributed by atoms with Crippen LogP contribution >= 0.6 is 11.6 Å². The van der Waals surface area contributed by atoms with Gasteiger partial charge in [-0.05, 0) is 48.5 Å². The van der Waals surface area contributed by atoms with Crippen molar-refractivity contribution in [3.8, 4) is 5.75 Å². The van der Waals surface area contributed by atoms with Crippen molar-refractivity contribution < 1.29 is 17.9 Å². The quantitative estimate of drug-likeness (QED) is 0.457. The van der Waals surface area contributed by atoms with Crippen molar-refractivity contribution in [3.63, 3.8) is 0 Å². The Labute approximate surface area is 145 Å². The number of rotatable bonds is 6. The molecular formula is C15H16ClN3O4S. The summed E-state index contributed by atoms with van der Waals surface area (Å²) >= 11 is 5.80. The standard InChI is InChI=1S/C15H16ClN3O4S/c1-23-13-6-4-12(5-7-13)19(10-15(20)18-17)24(21,22)14-8-2-11(16)3-9-14/h2-9H,10,17H2,1H3,(H,18,20). The monoisotopic (exact) mass is 369 g/mol. The van der Waals surface area contributed by atoms with E-state index in [1.165, 1.54) is 43.5 Å². The summed E-state index contributed by atoms with van der Waals surface area (Å²) < 4.78 is 31.8. The van der Waals surface area contributed by atoms with Crippen molar-refractivity contribution >= 4 is 33.2 Å². The summed E-state index contributed by atoms with van der Waals surface area (Å²) in [7, 11) is -2.48. The summed E-state index contributed by atoms with van der Waals surface area (Å²) in [6.07, 6.45) is 0. The second-order valence-corrected chi connectivity index (χ2v) is 7.03. The van der Waals surface area contributed by atoms with Gasteiger partial charge < -0.3 is 4.74 Å². The average molecular weight is 370 g/mol. The van der Waals surface area contributed by atoms with E-state index >= 15 is 0 Å². The van der Waals surface area contributed by atoms with Crippen LogP contribution in [0.5, 0.6) is 5.75 Å².